The van der Waals surface area contributed by atoms with Crippen LogP contribution in [-0.2, 0) is 6.42 Å². The van der Waals surface area contributed by atoms with E-state index >= 15 is 0 Å². The van der Waals surface area contributed by atoms with E-state index in [-0.39, 0.29) is 11.6 Å². The van der Waals surface area contributed by atoms with Gasteiger partial charge >= 0.3 is 0 Å². The minimum absolute atomic E-state index is 0.321. The van der Waals surface area contributed by atoms with Gasteiger partial charge in [-0.2, -0.15) is 0 Å². The molecule has 0 aliphatic carbocycles. The van der Waals surface area contributed by atoms with E-state index < -0.39 is 11.8 Å². The van der Waals surface area contributed by atoms with Gasteiger partial charge in [0.1, 0.15) is 52.4 Å². The van der Waals surface area contributed by atoms with Crippen molar-refractivity contribution in [2.45, 2.75) is 20.3 Å². The van der Waals surface area contributed by atoms with E-state index in [1.165, 1.54) is 57.2 Å². The number of benzene rings is 4. The van der Waals surface area contributed by atoms with E-state index in [9.17, 15) is 18.4 Å². The van der Waals surface area contributed by atoms with E-state index in [4.69, 9.17) is 47.7 Å². The van der Waals surface area contributed by atoms with Crippen LogP contribution in [0.25, 0.3) is 22.5 Å². The Morgan fingerprint density at radius 2 is 1.14 bits per heavy atom. The standard InChI is InChI=1S/C21H20FN3O3.C11H8ClFN2O.C9H12N2O2/c1-3-28-19-7-4-13(9-17(19)21(23)26)8-15-11-18(25-12-24-15)16-6-5-14(22)10-20(16)27-2;1-16-10-4-7(13)2-3-8(10)9-5-11(12)15-6-14-9;1-2-13-8-4-3-6(10)5-7(8)9(11)12/h4-7,9-12H,3,8H2,1-2H3,(H2,23,26);2-6H,1H3;3-5H,2,10H2,1H3,(H2,11,12). The fourth-order valence-electron chi connectivity index (χ4n) is 5.27. The number of methoxy groups -OCH3 is 2. The summed E-state index contributed by atoms with van der Waals surface area (Å²) in [5, 5.41) is 0.330. The maximum atomic E-state index is 13.4. The van der Waals surface area contributed by atoms with Gasteiger partial charge in [-0.15, -0.1) is 0 Å². The predicted octanol–water partition coefficient (Wildman–Crippen LogP) is 7.09. The zero-order valence-electron chi connectivity index (χ0n) is 31.5. The summed E-state index contributed by atoms with van der Waals surface area (Å²) in [5.74, 6) is -0.0941. The van der Waals surface area contributed by atoms with Crippen LogP contribution in [-0.4, -0.2) is 59.2 Å². The molecule has 0 fully saturated rings. The first-order valence-electron chi connectivity index (χ1n) is 17.2. The van der Waals surface area contributed by atoms with Gasteiger partial charge in [-0.3, -0.25) is 9.59 Å². The topological polar surface area (TPSA) is 201 Å². The summed E-state index contributed by atoms with van der Waals surface area (Å²) in [6, 6.07) is 22.0. The lowest BCUT2D eigenvalue weighted by Gasteiger charge is -2.11. The third-order valence-corrected chi connectivity index (χ3v) is 8.01. The number of nitrogens with zero attached hydrogens (tertiary/aromatic N) is 4. The summed E-state index contributed by atoms with van der Waals surface area (Å²) in [4.78, 5) is 39.0. The number of halogens is 3. The molecule has 296 valence electrons. The molecular weight excluding hydrogens is 760 g/mol. The summed E-state index contributed by atoms with van der Waals surface area (Å²) in [6.07, 6.45) is 3.25. The Kier molecular flexibility index (Phi) is 15.6. The molecule has 4 aromatic carbocycles. The first-order chi connectivity index (χ1) is 27.4. The molecule has 0 radical (unpaired) electrons. The van der Waals surface area contributed by atoms with E-state index in [0.717, 1.165) is 11.3 Å². The van der Waals surface area contributed by atoms with Gasteiger partial charge in [0.25, 0.3) is 11.8 Å². The monoisotopic (exact) mass is 799 g/mol. The van der Waals surface area contributed by atoms with Crippen LogP contribution in [0.2, 0.25) is 5.15 Å². The number of nitrogens with two attached hydrogens (primary N) is 3. The van der Waals surface area contributed by atoms with Gasteiger partial charge in [0.2, 0.25) is 0 Å². The van der Waals surface area contributed by atoms with Crippen molar-refractivity contribution in [3.05, 3.63) is 137 Å². The molecule has 0 aliphatic rings. The molecule has 0 aliphatic heterocycles. The summed E-state index contributed by atoms with van der Waals surface area (Å²) in [6.45, 7) is 4.60. The zero-order chi connectivity index (χ0) is 41.5. The molecule has 57 heavy (non-hydrogen) atoms. The normalized spacial score (nSPS) is 10.2. The molecule has 0 saturated heterocycles. The van der Waals surface area contributed by atoms with E-state index in [0.29, 0.717) is 87.1 Å². The van der Waals surface area contributed by atoms with Crippen molar-refractivity contribution in [3.8, 4) is 45.5 Å². The summed E-state index contributed by atoms with van der Waals surface area (Å²) >= 11 is 5.76. The van der Waals surface area contributed by atoms with Gasteiger partial charge in [0.05, 0.1) is 49.9 Å². The van der Waals surface area contributed by atoms with Crippen LogP contribution < -0.4 is 36.1 Å². The highest BCUT2D eigenvalue weighted by Gasteiger charge is 2.14. The van der Waals surface area contributed by atoms with Gasteiger partial charge < -0.3 is 36.1 Å². The molecule has 2 amide bonds. The van der Waals surface area contributed by atoms with Gasteiger partial charge in [-0.05, 0) is 80.1 Å². The van der Waals surface area contributed by atoms with Crippen molar-refractivity contribution in [2.75, 3.05) is 33.2 Å². The molecular formula is C41H40ClF2N7O6. The number of carbonyl (C=O) groups excluding carboxylic acids is 2. The third-order valence-electron chi connectivity index (χ3n) is 7.80. The van der Waals surface area contributed by atoms with Gasteiger partial charge in [0, 0.05) is 47.1 Å². The SMILES string of the molecule is CCOc1ccc(Cc2cc(-c3ccc(F)cc3OC)ncn2)cc1C(N)=O.CCOc1ccc(N)cc1C(N)=O.COc1cc(F)ccc1-c1cc(Cl)ncn1. The van der Waals surface area contributed by atoms with E-state index in [2.05, 4.69) is 19.9 Å². The first kappa shape index (κ1) is 42.9. The summed E-state index contributed by atoms with van der Waals surface area (Å²) in [5.41, 5.74) is 21.4. The smallest absolute Gasteiger partial charge is 0.252 e. The van der Waals surface area contributed by atoms with Gasteiger partial charge in [-0.25, -0.2) is 28.7 Å². The maximum absolute atomic E-state index is 13.4. The van der Waals surface area contributed by atoms with Crippen LogP contribution in [0.3, 0.4) is 0 Å². The number of nitrogen functional groups attached to an aromatic ring is 1. The lowest BCUT2D eigenvalue weighted by molar-refractivity contribution is 0.0988. The Balaban J connectivity index is 0.000000209. The Morgan fingerprint density at radius 1 is 0.632 bits per heavy atom. The second-order valence-electron chi connectivity index (χ2n) is 11.7. The molecule has 2 aromatic heterocycles. The van der Waals surface area contributed by atoms with Crippen LogP contribution in [0.15, 0.2) is 97.6 Å². The number of amides is 2. The highest BCUT2D eigenvalue weighted by Crippen LogP contribution is 2.31. The van der Waals surface area contributed by atoms with Crippen molar-refractivity contribution >= 4 is 29.1 Å². The predicted molar refractivity (Wildman–Crippen MR) is 212 cm³/mol. The fourth-order valence-corrected chi connectivity index (χ4v) is 5.41. The fraction of sp³-hybridized carbons (Fsp3) is 0.171. The molecule has 0 spiro atoms. The highest BCUT2D eigenvalue weighted by molar-refractivity contribution is 6.29. The number of rotatable bonds is 12. The molecule has 16 heteroatoms. The lowest BCUT2D eigenvalue weighted by atomic mass is 10.0. The average molecular weight is 800 g/mol. The number of hydrogen-bond donors (Lipinski definition) is 3. The van der Waals surface area contributed by atoms with Crippen LogP contribution >= 0.6 is 11.6 Å². The average Bonchev–Trinajstić information content (AvgIpc) is 3.19. The molecule has 2 heterocycles. The van der Waals surface area contributed by atoms with E-state index in [1.807, 2.05) is 19.9 Å². The second kappa shape index (κ2) is 20.7. The molecule has 0 atom stereocenters. The lowest BCUT2D eigenvalue weighted by Crippen LogP contribution is -2.13. The van der Waals surface area contributed by atoms with E-state index in [1.54, 1.807) is 48.5 Å². The van der Waals surface area contributed by atoms with Crippen molar-refractivity contribution in [3.63, 3.8) is 0 Å². The number of carbonyl (C=O) groups is 2. The Bertz CT molecular complexity index is 2330. The molecule has 0 bridgehead atoms. The molecule has 6 rings (SSSR count). The number of primary amides is 2. The Labute approximate surface area is 332 Å². The van der Waals surface area contributed by atoms with Crippen molar-refractivity contribution in [2.24, 2.45) is 11.5 Å². The van der Waals surface area contributed by atoms with Crippen LogP contribution in [0.1, 0.15) is 45.8 Å². The van der Waals surface area contributed by atoms with Crippen LogP contribution in [0.4, 0.5) is 14.5 Å². The maximum Gasteiger partial charge on any atom is 0.252 e. The summed E-state index contributed by atoms with van der Waals surface area (Å²) in [7, 11) is 2.95. The number of ether oxygens (including phenoxy) is 4. The Morgan fingerprint density at radius 3 is 1.65 bits per heavy atom. The minimum Gasteiger partial charge on any atom is -0.496 e. The molecule has 0 unspecified atom stereocenters. The molecule has 0 saturated carbocycles. The van der Waals surface area contributed by atoms with Crippen molar-refractivity contribution in [1.29, 1.82) is 0 Å². The molecule has 6 N–H and O–H groups in total. The van der Waals surface area contributed by atoms with Gasteiger partial charge in [0.15, 0.2) is 0 Å². The first-order valence-corrected chi connectivity index (χ1v) is 17.6. The molecule has 13 nitrogen and oxygen atoms in total. The number of aromatic nitrogens is 4. The third kappa shape index (κ3) is 12.1. The number of anilines is 1. The quantitative estimate of drug-likeness (QED) is 0.0843. The van der Waals surface area contributed by atoms with Crippen molar-refractivity contribution in [1.82, 2.24) is 19.9 Å². The molecule has 6 aromatic rings. The number of hydrogen-bond acceptors (Lipinski definition) is 11. The van der Waals surface area contributed by atoms with Crippen LogP contribution in [0.5, 0.6) is 23.0 Å². The summed E-state index contributed by atoms with van der Waals surface area (Å²) < 4.78 is 47.4. The second-order valence-corrected chi connectivity index (χ2v) is 12.1. The van der Waals surface area contributed by atoms with Crippen molar-refractivity contribution < 1.29 is 37.3 Å². The Hall–Kier alpha value is -6.87. The highest BCUT2D eigenvalue weighted by atomic mass is 35.5. The minimum atomic E-state index is -0.551. The zero-order valence-corrected chi connectivity index (χ0v) is 32.2. The van der Waals surface area contributed by atoms with Gasteiger partial charge in [-0.1, -0.05) is 17.7 Å². The largest absolute Gasteiger partial charge is 0.496 e. The van der Waals surface area contributed by atoms with Crippen LogP contribution in [0, 0.1) is 11.6 Å².